The molecule has 0 spiro atoms. The Morgan fingerprint density at radius 3 is 2.60 bits per heavy atom. The molecule has 0 aliphatic carbocycles. The quantitative estimate of drug-likeness (QED) is 0.910. The van der Waals surface area contributed by atoms with E-state index >= 15 is 0 Å². The zero-order valence-electron chi connectivity index (χ0n) is 11.7. The molecule has 4 heteroatoms. The normalized spacial score (nSPS) is 16.1. The van der Waals surface area contributed by atoms with Crippen molar-refractivity contribution >= 4 is 28.5 Å². The molecule has 0 bridgehead atoms. The molecule has 1 aromatic carbocycles. The van der Waals surface area contributed by atoms with Gasteiger partial charge in [0.25, 0.3) is 0 Å². The average molecular weight is 269 g/mol. The van der Waals surface area contributed by atoms with Gasteiger partial charge in [-0.05, 0) is 12.3 Å². The van der Waals surface area contributed by atoms with E-state index in [4.69, 9.17) is 10.5 Å². The first-order valence-corrected chi connectivity index (χ1v) is 6.95. The van der Waals surface area contributed by atoms with Crippen LogP contribution in [0.25, 0.3) is 16.8 Å². The van der Waals surface area contributed by atoms with Gasteiger partial charge in [0.05, 0.1) is 13.2 Å². The lowest BCUT2D eigenvalue weighted by molar-refractivity contribution is 0.122. The van der Waals surface area contributed by atoms with E-state index in [1.54, 1.807) is 0 Å². The minimum absolute atomic E-state index is 0.586. The van der Waals surface area contributed by atoms with Gasteiger partial charge in [0, 0.05) is 24.0 Å². The Kier molecular flexibility index (Phi) is 3.56. The molecule has 0 radical (unpaired) electrons. The summed E-state index contributed by atoms with van der Waals surface area (Å²) in [6, 6.07) is 8.30. The van der Waals surface area contributed by atoms with E-state index in [2.05, 4.69) is 22.0 Å². The zero-order chi connectivity index (χ0) is 13.9. The second-order valence-electron chi connectivity index (χ2n) is 4.88. The molecular weight excluding hydrogens is 250 g/mol. The monoisotopic (exact) mass is 269 g/mol. The highest BCUT2D eigenvalue weighted by molar-refractivity contribution is 6.00. The number of pyridine rings is 1. The van der Waals surface area contributed by atoms with E-state index < -0.39 is 0 Å². The number of aromatic nitrogens is 1. The van der Waals surface area contributed by atoms with Gasteiger partial charge in [-0.15, -0.1) is 0 Å². The minimum Gasteiger partial charge on any atom is -0.383 e. The number of hydrogen-bond donors (Lipinski definition) is 1. The smallest absolute Gasteiger partial charge is 0.139 e. The number of anilines is 2. The van der Waals surface area contributed by atoms with E-state index in [9.17, 15) is 0 Å². The molecule has 0 unspecified atom stereocenters. The van der Waals surface area contributed by atoms with Crippen LogP contribution in [-0.4, -0.2) is 31.3 Å². The van der Waals surface area contributed by atoms with Crippen LogP contribution in [0.1, 0.15) is 12.5 Å². The van der Waals surface area contributed by atoms with Crippen LogP contribution < -0.4 is 10.6 Å². The lowest BCUT2D eigenvalue weighted by atomic mass is 10.0. The van der Waals surface area contributed by atoms with Gasteiger partial charge >= 0.3 is 0 Å². The second kappa shape index (κ2) is 5.51. The maximum absolute atomic E-state index is 6.16. The first kappa shape index (κ1) is 12.9. The highest BCUT2D eigenvalue weighted by Gasteiger charge is 2.17. The first-order valence-electron chi connectivity index (χ1n) is 6.95. The maximum atomic E-state index is 6.16. The van der Waals surface area contributed by atoms with Gasteiger partial charge < -0.3 is 15.4 Å². The van der Waals surface area contributed by atoms with E-state index in [1.165, 1.54) is 0 Å². The third-order valence-electron chi connectivity index (χ3n) is 3.60. The summed E-state index contributed by atoms with van der Waals surface area (Å²) in [6.07, 6.45) is 4.02. The molecule has 20 heavy (non-hydrogen) atoms. The van der Waals surface area contributed by atoms with Crippen LogP contribution in [0.4, 0.5) is 11.6 Å². The van der Waals surface area contributed by atoms with Crippen molar-refractivity contribution in [1.82, 2.24) is 4.98 Å². The average Bonchev–Trinajstić information content (AvgIpc) is 2.51. The molecule has 0 amide bonds. The molecule has 2 aromatic rings. The summed E-state index contributed by atoms with van der Waals surface area (Å²) in [7, 11) is 0. The largest absolute Gasteiger partial charge is 0.383 e. The molecule has 1 fully saturated rings. The van der Waals surface area contributed by atoms with Crippen LogP contribution in [0.5, 0.6) is 0 Å². The van der Waals surface area contributed by atoms with Gasteiger partial charge in [-0.3, -0.25) is 0 Å². The van der Waals surface area contributed by atoms with Gasteiger partial charge in [-0.25, -0.2) is 4.98 Å². The van der Waals surface area contributed by atoms with Crippen molar-refractivity contribution in [2.75, 3.05) is 36.9 Å². The summed E-state index contributed by atoms with van der Waals surface area (Å²) in [4.78, 5) is 6.89. The van der Waals surface area contributed by atoms with E-state index in [1.807, 2.05) is 31.2 Å². The van der Waals surface area contributed by atoms with E-state index in [0.29, 0.717) is 5.82 Å². The Balaban J connectivity index is 2.20. The number of ether oxygens (including phenoxy) is 1. The van der Waals surface area contributed by atoms with Crippen LogP contribution in [0.15, 0.2) is 30.3 Å². The van der Waals surface area contributed by atoms with Crippen LogP contribution >= 0.6 is 0 Å². The summed E-state index contributed by atoms with van der Waals surface area (Å²) in [6.45, 7) is 5.20. The molecule has 3 rings (SSSR count). The Morgan fingerprint density at radius 1 is 1.20 bits per heavy atom. The Bertz CT molecular complexity index is 645. The minimum atomic E-state index is 0.586. The van der Waals surface area contributed by atoms with Gasteiger partial charge in [0.1, 0.15) is 11.6 Å². The van der Waals surface area contributed by atoms with Gasteiger partial charge in [0.15, 0.2) is 0 Å². The van der Waals surface area contributed by atoms with Crippen molar-refractivity contribution in [3.63, 3.8) is 0 Å². The molecular formula is C16H19N3O. The SMILES string of the molecule is C/C=C\c1c(N)nc(N2CCOCC2)c2ccccc12. The molecule has 1 aromatic heterocycles. The van der Waals surface area contributed by atoms with Crippen LogP contribution in [0, 0.1) is 0 Å². The number of rotatable bonds is 2. The Hall–Kier alpha value is -2.07. The van der Waals surface area contributed by atoms with E-state index in [-0.39, 0.29) is 0 Å². The number of hydrogen-bond acceptors (Lipinski definition) is 4. The summed E-state index contributed by atoms with van der Waals surface area (Å²) in [5, 5.41) is 2.30. The highest BCUT2D eigenvalue weighted by atomic mass is 16.5. The lowest BCUT2D eigenvalue weighted by Gasteiger charge is -2.29. The van der Waals surface area contributed by atoms with Crippen LogP contribution in [0.3, 0.4) is 0 Å². The molecule has 4 nitrogen and oxygen atoms in total. The van der Waals surface area contributed by atoms with E-state index in [0.717, 1.165) is 48.5 Å². The van der Waals surface area contributed by atoms with Gasteiger partial charge in [-0.1, -0.05) is 36.4 Å². The molecule has 1 aliphatic heterocycles. The molecule has 2 heterocycles. The topological polar surface area (TPSA) is 51.4 Å². The number of morpholine rings is 1. The fraction of sp³-hybridized carbons (Fsp3) is 0.312. The van der Waals surface area contributed by atoms with Gasteiger partial charge in [-0.2, -0.15) is 0 Å². The standard InChI is InChI=1S/C16H19N3O/c1-2-5-13-12-6-3-4-7-14(12)16(18-15(13)17)19-8-10-20-11-9-19/h2-7H,8-11H2,1H3,(H2,17,18)/b5-2-. The zero-order valence-corrected chi connectivity index (χ0v) is 11.7. The van der Waals surface area contributed by atoms with Crippen LogP contribution in [0.2, 0.25) is 0 Å². The summed E-state index contributed by atoms with van der Waals surface area (Å²) in [5.41, 5.74) is 7.16. The fourth-order valence-electron chi connectivity index (χ4n) is 2.64. The fourth-order valence-corrected chi connectivity index (χ4v) is 2.64. The molecule has 1 saturated heterocycles. The number of allylic oxidation sites excluding steroid dienone is 1. The number of fused-ring (bicyclic) bond motifs is 1. The maximum Gasteiger partial charge on any atom is 0.139 e. The third kappa shape index (κ3) is 2.23. The predicted octanol–water partition coefficient (Wildman–Crippen LogP) is 2.69. The third-order valence-corrected chi connectivity index (χ3v) is 3.60. The molecule has 104 valence electrons. The number of benzene rings is 1. The van der Waals surface area contributed by atoms with Crippen molar-refractivity contribution < 1.29 is 4.74 Å². The van der Waals surface area contributed by atoms with Crippen molar-refractivity contribution in [1.29, 1.82) is 0 Å². The highest BCUT2D eigenvalue weighted by Crippen LogP contribution is 2.31. The Labute approximate surface area is 118 Å². The summed E-state index contributed by atoms with van der Waals surface area (Å²) < 4.78 is 5.41. The van der Waals surface area contributed by atoms with Crippen molar-refractivity contribution in [2.45, 2.75) is 6.92 Å². The number of nitrogen functional groups attached to an aromatic ring is 1. The summed E-state index contributed by atoms with van der Waals surface area (Å²) >= 11 is 0. The second-order valence-corrected chi connectivity index (χ2v) is 4.88. The first-order chi connectivity index (χ1) is 9.81. The van der Waals surface area contributed by atoms with Gasteiger partial charge in [0.2, 0.25) is 0 Å². The predicted molar refractivity (Wildman–Crippen MR) is 83.9 cm³/mol. The van der Waals surface area contributed by atoms with Crippen LogP contribution in [-0.2, 0) is 4.74 Å². The van der Waals surface area contributed by atoms with Crippen molar-refractivity contribution in [3.8, 4) is 0 Å². The number of nitrogens with zero attached hydrogens (tertiary/aromatic N) is 2. The lowest BCUT2D eigenvalue weighted by Crippen LogP contribution is -2.37. The Morgan fingerprint density at radius 2 is 1.90 bits per heavy atom. The molecule has 1 aliphatic rings. The molecule has 0 atom stereocenters. The van der Waals surface area contributed by atoms with Crippen molar-refractivity contribution in [3.05, 3.63) is 35.9 Å². The number of nitrogens with two attached hydrogens (primary N) is 1. The molecule has 0 saturated carbocycles. The summed E-state index contributed by atoms with van der Waals surface area (Å²) in [5.74, 6) is 1.55. The van der Waals surface area contributed by atoms with Crippen molar-refractivity contribution in [2.24, 2.45) is 0 Å². The molecule has 2 N–H and O–H groups in total.